The minimum atomic E-state index is -0.730. The summed E-state index contributed by atoms with van der Waals surface area (Å²) in [7, 11) is 0. The van der Waals surface area contributed by atoms with Crippen molar-refractivity contribution >= 4 is 27.3 Å². The van der Waals surface area contributed by atoms with Crippen LogP contribution >= 0.6 is 27.3 Å². The lowest BCUT2D eigenvalue weighted by Crippen LogP contribution is -2.19. The van der Waals surface area contributed by atoms with Gasteiger partial charge in [-0.05, 0) is 45.1 Å². The number of nitrogens with two attached hydrogens (primary N) is 1. The molecule has 0 amide bonds. The molecule has 0 saturated carbocycles. The van der Waals surface area contributed by atoms with Gasteiger partial charge in [-0.3, -0.25) is 0 Å². The molecule has 0 aliphatic carbocycles. The van der Waals surface area contributed by atoms with Crippen molar-refractivity contribution in [1.82, 2.24) is 0 Å². The highest BCUT2D eigenvalue weighted by atomic mass is 79.9. The second-order valence-corrected chi connectivity index (χ2v) is 5.78. The van der Waals surface area contributed by atoms with Gasteiger partial charge in [-0.25, -0.2) is 4.39 Å². The second kappa shape index (κ2) is 5.93. The first kappa shape index (κ1) is 13.7. The van der Waals surface area contributed by atoms with Crippen molar-refractivity contribution in [3.8, 4) is 0 Å². The summed E-state index contributed by atoms with van der Waals surface area (Å²) < 4.78 is 14.1. The zero-order valence-electron chi connectivity index (χ0n) is 9.51. The lowest BCUT2D eigenvalue weighted by atomic mass is 9.92. The first-order chi connectivity index (χ1) is 8.63. The van der Waals surface area contributed by atoms with Gasteiger partial charge in [-0.15, -0.1) is 11.3 Å². The molecule has 0 fully saturated rings. The molecule has 2 nitrogen and oxygen atoms in total. The maximum absolute atomic E-state index is 13.2. The van der Waals surface area contributed by atoms with Crippen LogP contribution < -0.4 is 5.73 Å². The lowest BCUT2D eigenvalue weighted by molar-refractivity contribution is 0.150. The fourth-order valence-electron chi connectivity index (χ4n) is 1.88. The molecule has 0 aliphatic rings. The molecule has 2 atom stereocenters. The fraction of sp³-hybridized carbons (Fsp3) is 0.231. The van der Waals surface area contributed by atoms with E-state index >= 15 is 0 Å². The van der Waals surface area contributed by atoms with Crippen molar-refractivity contribution < 1.29 is 9.50 Å². The molecule has 1 heterocycles. The van der Waals surface area contributed by atoms with E-state index in [2.05, 4.69) is 15.9 Å². The molecule has 96 valence electrons. The SMILES string of the molecule is NCC(c1cccc(F)c1)C(O)c1sccc1Br. The highest BCUT2D eigenvalue weighted by Gasteiger charge is 2.24. The Morgan fingerprint density at radius 1 is 1.39 bits per heavy atom. The number of thiophene rings is 1. The van der Waals surface area contributed by atoms with Crippen LogP contribution in [0.25, 0.3) is 0 Å². The Balaban J connectivity index is 2.32. The third-order valence-electron chi connectivity index (χ3n) is 2.83. The average molecular weight is 330 g/mol. The number of hydrogen-bond donors (Lipinski definition) is 2. The van der Waals surface area contributed by atoms with E-state index in [1.54, 1.807) is 12.1 Å². The molecule has 2 aromatic rings. The van der Waals surface area contributed by atoms with Crippen LogP contribution in [0.1, 0.15) is 22.5 Å². The fourth-order valence-corrected chi connectivity index (χ4v) is 3.54. The Bertz CT molecular complexity index is 531. The summed E-state index contributed by atoms with van der Waals surface area (Å²) in [5.74, 6) is -0.626. The molecule has 5 heteroatoms. The summed E-state index contributed by atoms with van der Waals surface area (Å²) in [5, 5.41) is 12.3. The van der Waals surface area contributed by atoms with Gasteiger partial charge in [0.05, 0.1) is 6.10 Å². The van der Waals surface area contributed by atoms with E-state index in [1.165, 1.54) is 23.5 Å². The maximum Gasteiger partial charge on any atom is 0.123 e. The Labute approximate surface area is 117 Å². The molecule has 0 saturated heterocycles. The number of rotatable bonds is 4. The van der Waals surface area contributed by atoms with E-state index in [0.717, 1.165) is 9.35 Å². The zero-order chi connectivity index (χ0) is 13.1. The molecule has 1 aromatic carbocycles. The summed E-state index contributed by atoms with van der Waals surface area (Å²) >= 11 is 4.84. The zero-order valence-corrected chi connectivity index (χ0v) is 11.9. The average Bonchev–Trinajstić information content (AvgIpc) is 2.76. The number of aliphatic hydroxyl groups excluding tert-OH is 1. The number of halogens is 2. The van der Waals surface area contributed by atoms with Gasteiger partial charge in [0, 0.05) is 21.8 Å². The van der Waals surface area contributed by atoms with Crippen LogP contribution in [0.2, 0.25) is 0 Å². The van der Waals surface area contributed by atoms with Gasteiger partial charge in [-0.2, -0.15) is 0 Å². The highest BCUT2D eigenvalue weighted by molar-refractivity contribution is 9.10. The second-order valence-electron chi connectivity index (χ2n) is 3.97. The molecule has 0 radical (unpaired) electrons. The van der Waals surface area contributed by atoms with Crippen molar-refractivity contribution in [1.29, 1.82) is 0 Å². The van der Waals surface area contributed by atoms with Crippen LogP contribution in [-0.2, 0) is 0 Å². The predicted molar refractivity (Wildman–Crippen MR) is 75.2 cm³/mol. The summed E-state index contributed by atoms with van der Waals surface area (Å²) in [6, 6.07) is 8.09. The monoisotopic (exact) mass is 329 g/mol. The number of hydrogen-bond acceptors (Lipinski definition) is 3. The minimum absolute atomic E-state index is 0.259. The molecular formula is C13H13BrFNOS. The third-order valence-corrected chi connectivity index (χ3v) is 4.77. The molecule has 1 aromatic heterocycles. The maximum atomic E-state index is 13.2. The quantitative estimate of drug-likeness (QED) is 0.902. The van der Waals surface area contributed by atoms with Gasteiger partial charge in [0.1, 0.15) is 5.82 Å². The van der Waals surface area contributed by atoms with Crippen molar-refractivity contribution in [2.75, 3.05) is 6.54 Å². The molecule has 18 heavy (non-hydrogen) atoms. The van der Waals surface area contributed by atoms with Crippen molar-refractivity contribution in [2.24, 2.45) is 5.73 Å². The summed E-state index contributed by atoms with van der Waals surface area (Å²) in [6.07, 6.45) is -0.730. The van der Waals surface area contributed by atoms with Crippen molar-refractivity contribution in [3.63, 3.8) is 0 Å². The topological polar surface area (TPSA) is 46.2 Å². The van der Waals surface area contributed by atoms with Crippen LogP contribution in [0.15, 0.2) is 40.2 Å². The third kappa shape index (κ3) is 2.80. The van der Waals surface area contributed by atoms with E-state index in [-0.39, 0.29) is 18.3 Å². The molecule has 2 unspecified atom stereocenters. The van der Waals surface area contributed by atoms with Crippen molar-refractivity contribution in [2.45, 2.75) is 12.0 Å². The van der Waals surface area contributed by atoms with Crippen LogP contribution in [-0.4, -0.2) is 11.7 Å². The summed E-state index contributed by atoms with van der Waals surface area (Å²) in [5.41, 5.74) is 6.43. The van der Waals surface area contributed by atoms with E-state index < -0.39 is 6.10 Å². The first-order valence-electron chi connectivity index (χ1n) is 5.50. The van der Waals surface area contributed by atoms with Crippen molar-refractivity contribution in [3.05, 3.63) is 56.4 Å². The minimum Gasteiger partial charge on any atom is -0.387 e. The van der Waals surface area contributed by atoms with Gasteiger partial charge >= 0.3 is 0 Å². The Morgan fingerprint density at radius 2 is 2.17 bits per heavy atom. The smallest absolute Gasteiger partial charge is 0.123 e. The molecule has 0 aliphatic heterocycles. The largest absolute Gasteiger partial charge is 0.387 e. The van der Waals surface area contributed by atoms with Gasteiger partial charge in [0.2, 0.25) is 0 Å². The summed E-state index contributed by atoms with van der Waals surface area (Å²) in [6.45, 7) is 0.259. The standard InChI is InChI=1S/C13H13BrFNOS/c14-11-4-5-18-13(11)12(17)10(7-16)8-2-1-3-9(15)6-8/h1-6,10,12,17H,7,16H2. The Morgan fingerprint density at radius 3 is 2.72 bits per heavy atom. The molecule has 2 rings (SSSR count). The van der Waals surface area contributed by atoms with Gasteiger partial charge in [0.15, 0.2) is 0 Å². The van der Waals surface area contributed by atoms with Crippen LogP contribution in [0.3, 0.4) is 0 Å². The summed E-state index contributed by atoms with van der Waals surface area (Å²) in [4.78, 5) is 0.815. The van der Waals surface area contributed by atoms with E-state index in [0.29, 0.717) is 5.56 Å². The predicted octanol–water partition coefficient (Wildman–Crippen LogP) is 3.43. The molecule has 0 bridgehead atoms. The molecule has 3 N–H and O–H groups in total. The van der Waals surface area contributed by atoms with Gasteiger partial charge in [0.25, 0.3) is 0 Å². The van der Waals surface area contributed by atoms with E-state index in [9.17, 15) is 9.50 Å². The Kier molecular flexibility index (Phi) is 4.50. The van der Waals surface area contributed by atoms with Crippen LogP contribution in [0, 0.1) is 5.82 Å². The van der Waals surface area contributed by atoms with Gasteiger partial charge in [-0.1, -0.05) is 12.1 Å². The number of aliphatic hydroxyl groups is 1. The Hall–Kier alpha value is -0.750. The normalized spacial score (nSPS) is 14.4. The number of benzene rings is 1. The lowest BCUT2D eigenvalue weighted by Gasteiger charge is -2.21. The van der Waals surface area contributed by atoms with E-state index in [1.807, 2.05) is 11.4 Å². The van der Waals surface area contributed by atoms with E-state index in [4.69, 9.17) is 5.73 Å². The molecular weight excluding hydrogens is 317 g/mol. The van der Waals surface area contributed by atoms with Crippen LogP contribution in [0.5, 0.6) is 0 Å². The van der Waals surface area contributed by atoms with Crippen LogP contribution in [0.4, 0.5) is 4.39 Å². The highest BCUT2D eigenvalue weighted by Crippen LogP contribution is 2.37. The first-order valence-corrected chi connectivity index (χ1v) is 7.17. The molecule has 0 spiro atoms. The van der Waals surface area contributed by atoms with Gasteiger partial charge < -0.3 is 10.8 Å².